The first-order valence-electron chi connectivity index (χ1n) is 4.84. The van der Waals surface area contributed by atoms with E-state index in [4.69, 9.17) is 5.11 Å². The van der Waals surface area contributed by atoms with Crippen molar-refractivity contribution in [3.05, 3.63) is 35.4 Å². The third kappa shape index (κ3) is 3.93. The van der Waals surface area contributed by atoms with Crippen molar-refractivity contribution in [2.24, 2.45) is 0 Å². The topological polar surface area (TPSA) is 32.3 Å². The summed E-state index contributed by atoms with van der Waals surface area (Å²) in [6, 6.07) is 6.25. The molecule has 0 heterocycles. The summed E-state index contributed by atoms with van der Waals surface area (Å²) < 4.78 is 24.7. The number of aliphatic hydroxyl groups excluding tert-OH is 1. The lowest BCUT2D eigenvalue weighted by Gasteiger charge is -2.11. The summed E-state index contributed by atoms with van der Waals surface area (Å²) in [4.78, 5) is 0. The van der Waals surface area contributed by atoms with Gasteiger partial charge in [0, 0.05) is 18.2 Å². The summed E-state index contributed by atoms with van der Waals surface area (Å²) in [6.07, 6.45) is -2.43. The number of benzene rings is 1. The SMILES string of the molecule is C[C@H](CO)NCc1cccc(C(F)F)c1. The van der Waals surface area contributed by atoms with Gasteiger partial charge in [0.15, 0.2) is 0 Å². The maximum absolute atomic E-state index is 12.4. The summed E-state index contributed by atoms with van der Waals surface area (Å²) in [5.74, 6) is 0. The highest BCUT2D eigenvalue weighted by Crippen LogP contribution is 2.19. The lowest BCUT2D eigenvalue weighted by atomic mass is 10.1. The van der Waals surface area contributed by atoms with Crippen molar-refractivity contribution in [3.8, 4) is 0 Å². The Balaban J connectivity index is 2.58. The highest BCUT2D eigenvalue weighted by atomic mass is 19.3. The van der Waals surface area contributed by atoms with Gasteiger partial charge in [-0.05, 0) is 18.6 Å². The van der Waals surface area contributed by atoms with Crippen molar-refractivity contribution in [1.29, 1.82) is 0 Å². The predicted octanol–water partition coefficient (Wildman–Crippen LogP) is 2.09. The molecule has 0 fully saturated rings. The van der Waals surface area contributed by atoms with Crippen LogP contribution in [0, 0.1) is 0 Å². The van der Waals surface area contributed by atoms with Gasteiger partial charge in [0.05, 0.1) is 6.61 Å². The number of rotatable bonds is 5. The van der Waals surface area contributed by atoms with Gasteiger partial charge in [-0.1, -0.05) is 18.2 Å². The quantitative estimate of drug-likeness (QED) is 0.788. The molecule has 0 spiro atoms. The maximum Gasteiger partial charge on any atom is 0.263 e. The van der Waals surface area contributed by atoms with Gasteiger partial charge in [-0.2, -0.15) is 0 Å². The van der Waals surface area contributed by atoms with Crippen LogP contribution in [0.4, 0.5) is 8.78 Å². The first kappa shape index (κ1) is 12.1. The number of halogens is 2. The van der Waals surface area contributed by atoms with Crippen LogP contribution in [0.3, 0.4) is 0 Å². The van der Waals surface area contributed by atoms with Crippen LogP contribution in [-0.4, -0.2) is 17.8 Å². The molecule has 0 radical (unpaired) electrons. The molecule has 0 aliphatic rings. The van der Waals surface area contributed by atoms with Crippen LogP contribution in [0.5, 0.6) is 0 Å². The van der Waals surface area contributed by atoms with E-state index in [1.165, 1.54) is 12.1 Å². The summed E-state index contributed by atoms with van der Waals surface area (Å²) in [6.45, 7) is 2.35. The minimum atomic E-state index is -2.43. The Morgan fingerprint density at radius 2 is 2.13 bits per heavy atom. The van der Waals surface area contributed by atoms with E-state index in [9.17, 15) is 8.78 Å². The molecular weight excluding hydrogens is 200 g/mol. The number of hydrogen-bond acceptors (Lipinski definition) is 2. The Bertz CT molecular complexity index is 304. The summed E-state index contributed by atoms with van der Waals surface area (Å²) in [5.41, 5.74) is 0.832. The normalized spacial score (nSPS) is 13.1. The van der Waals surface area contributed by atoms with Gasteiger partial charge in [0.25, 0.3) is 6.43 Å². The Kier molecular flexibility index (Phi) is 4.65. The van der Waals surface area contributed by atoms with Crippen LogP contribution in [0.25, 0.3) is 0 Å². The first-order chi connectivity index (χ1) is 7.13. The second-order valence-electron chi connectivity index (χ2n) is 3.51. The van der Waals surface area contributed by atoms with Crippen LogP contribution < -0.4 is 5.32 Å². The van der Waals surface area contributed by atoms with E-state index in [-0.39, 0.29) is 18.2 Å². The molecule has 0 aliphatic carbocycles. The van der Waals surface area contributed by atoms with Crippen molar-refractivity contribution >= 4 is 0 Å². The molecule has 1 atom stereocenters. The minimum Gasteiger partial charge on any atom is -0.395 e. The maximum atomic E-state index is 12.4. The molecule has 2 N–H and O–H groups in total. The van der Waals surface area contributed by atoms with Crippen LogP contribution in [0.15, 0.2) is 24.3 Å². The molecule has 0 aromatic heterocycles. The molecular formula is C11H15F2NO. The second-order valence-corrected chi connectivity index (χ2v) is 3.51. The van der Waals surface area contributed by atoms with Crippen molar-refractivity contribution in [3.63, 3.8) is 0 Å². The Hall–Kier alpha value is -1.00. The first-order valence-corrected chi connectivity index (χ1v) is 4.84. The van der Waals surface area contributed by atoms with Gasteiger partial charge in [-0.25, -0.2) is 8.78 Å². The van der Waals surface area contributed by atoms with Crippen molar-refractivity contribution in [1.82, 2.24) is 5.32 Å². The van der Waals surface area contributed by atoms with E-state index < -0.39 is 6.43 Å². The van der Waals surface area contributed by atoms with Crippen LogP contribution in [0.2, 0.25) is 0 Å². The van der Waals surface area contributed by atoms with Crippen LogP contribution in [0.1, 0.15) is 24.5 Å². The predicted molar refractivity (Wildman–Crippen MR) is 54.8 cm³/mol. The molecule has 0 unspecified atom stereocenters. The summed E-state index contributed by atoms with van der Waals surface area (Å²) in [7, 11) is 0. The molecule has 0 saturated carbocycles. The molecule has 0 bridgehead atoms. The van der Waals surface area contributed by atoms with E-state index in [1.807, 2.05) is 6.92 Å². The highest BCUT2D eigenvalue weighted by Gasteiger charge is 2.07. The number of alkyl halides is 2. The molecule has 0 saturated heterocycles. The fourth-order valence-electron chi connectivity index (χ4n) is 1.20. The van der Waals surface area contributed by atoms with E-state index in [2.05, 4.69) is 5.32 Å². The molecule has 4 heteroatoms. The van der Waals surface area contributed by atoms with Gasteiger partial charge < -0.3 is 10.4 Å². The lowest BCUT2D eigenvalue weighted by molar-refractivity contribution is 0.151. The largest absolute Gasteiger partial charge is 0.395 e. The molecule has 1 rings (SSSR count). The Morgan fingerprint density at radius 3 is 2.73 bits per heavy atom. The van der Waals surface area contributed by atoms with Crippen molar-refractivity contribution in [2.45, 2.75) is 25.9 Å². The number of nitrogens with one attached hydrogen (secondary N) is 1. The minimum absolute atomic E-state index is 0.0276. The zero-order chi connectivity index (χ0) is 11.3. The molecule has 0 amide bonds. The fourth-order valence-corrected chi connectivity index (χ4v) is 1.20. The molecule has 15 heavy (non-hydrogen) atoms. The highest BCUT2D eigenvalue weighted by molar-refractivity contribution is 5.24. The molecule has 1 aromatic rings. The standard InChI is InChI=1S/C11H15F2NO/c1-8(7-15)14-6-9-3-2-4-10(5-9)11(12)13/h2-5,8,11,14-15H,6-7H2,1H3/t8-/m1/s1. The van der Waals surface area contributed by atoms with Gasteiger partial charge in [-0.3, -0.25) is 0 Å². The average Bonchev–Trinajstić information content (AvgIpc) is 2.26. The molecule has 84 valence electrons. The third-order valence-corrected chi connectivity index (χ3v) is 2.13. The van der Waals surface area contributed by atoms with Gasteiger partial charge in [-0.15, -0.1) is 0 Å². The van der Waals surface area contributed by atoms with Gasteiger partial charge in [0.2, 0.25) is 0 Å². The third-order valence-electron chi connectivity index (χ3n) is 2.13. The van der Waals surface area contributed by atoms with E-state index in [0.29, 0.717) is 6.54 Å². The molecule has 2 nitrogen and oxygen atoms in total. The smallest absolute Gasteiger partial charge is 0.263 e. The van der Waals surface area contributed by atoms with Crippen molar-refractivity contribution < 1.29 is 13.9 Å². The molecule has 1 aromatic carbocycles. The van der Waals surface area contributed by atoms with Crippen LogP contribution >= 0.6 is 0 Å². The van der Waals surface area contributed by atoms with Crippen LogP contribution in [-0.2, 0) is 6.54 Å². The zero-order valence-electron chi connectivity index (χ0n) is 8.58. The van der Waals surface area contributed by atoms with E-state index in [0.717, 1.165) is 5.56 Å². The molecule has 0 aliphatic heterocycles. The average molecular weight is 215 g/mol. The Morgan fingerprint density at radius 1 is 1.40 bits per heavy atom. The number of aliphatic hydroxyl groups is 1. The van der Waals surface area contributed by atoms with Crippen molar-refractivity contribution in [2.75, 3.05) is 6.61 Å². The fraction of sp³-hybridized carbons (Fsp3) is 0.455. The zero-order valence-corrected chi connectivity index (χ0v) is 8.58. The summed E-state index contributed by atoms with van der Waals surface area (Å²) in [5, 5.41) is 11.8. The monoisotopic (exact) mass is 215 g/mol. The van der Waals surface area contributed by atoms with E-state index in [1.54, 1.807) is 12.1 Å². The summed E-state index contributed by atoms with van der Waals surface area (Å²) >= 11 is 0. The van der Waals surface area contributed by atoms with Gasteiger partial charge >= 0.3 is 0 Å². The second kappa shape index (κ2) is 5.78. The Labute approximate surface area is 87.9 Å². The lowest BCUT2D eigenvalue weighted by Crippen LogP contribution is -2.28. The van der Waals surface area contributed by atoms with Gasteiger partial charge in [0.1, 0.15) is 0 Å². The van der Waals surface area contributed by atoms with E-state index >= 15 is 0 Å². The number of hydrogen-bond donors (Lipinski definition) is 2.